The molecule has 0 saturated carbocycles. The Morgan fingerprint density at radius 3 is 3.00 bits per heavy atom. The van der Waals surface area contributed by atoms with E-state index in [0.29, 0.717) is 12.8 Å². The molecule has 1 unspecified atom stereocenters. The highest BCUT2D eigenvalue weighted by molar-refractivity contribution is 4.65. The molecule has 3 heteroatoms. The van der Waals surface area contributed by atoms with Crippen LogP contribution in [0.5, 0.6) is 0 Å². The molecule has 1 aliphatic rings. The normalized spacial score (nSPS) is 28.8. The number of nitrogens with two attached hydrogens (primary N) is 1. The Balaban J connectivity index is 2.25. The molecule has 0 aromatic carbocycles. The maximum Gasteiger partial charge on any atom is 0.116 e. The van der Waals surface area contributed by atoms with Gasteiger partial charge in [-0.15, -0.1) is 0 Å². The van der Waals surface area contributed by atoms with Crippen LogP contribution in [0.3, 0.4) is 0 Å². The van der Waals surface area contributed by atoms with Crippen molar-refractivity contribution >= 4 is 0 Å². The Morgan fingerprint density at radius 2 is 2.40 bits per heavy atom. The number of hydroxylamine groups is 2. The smallest absolute Gasteiger partial charge is 0.116 e. The van der Waals surface area contributed by atoms with Gasteiger partial charge in [0, 0.05) is 12.6 Å². The minimum atomic E-state index is 0.310. The van der Waals surface area contributed by atoms with E-state index in [-0.39, 0.29) is 0 Å². The Hall–Kier alpha value is -0.120. The SMILES string of the molecule is CC1CCCCN1OCN. The van der Waals surface area contributed by atoms with Crippen molar-refractivity contribution in [3.63, 3.8) is 0 Å². The van der Waals surface area contributed by atoms with Gasteiger partial charge in [-0.2, -0.15) is 5.06 Å². The van der Waals surface area contributed by atoms with Crippen molar-refractivity contribution in [3.8, 4) is 0 Å². The zero-order chi connectivity index (χ0) is 7.40. The quantitative estimate of drug-likeness (QED) is 0.580. The van der Waals surface area contributed by atoms with Crippen LogP contribution in [0.2, 0.25) is 0 Å². The highest BCUT2D eigenvalue weighted by Crippen LogP contribution is 2.15. The van der Waals surface area contributed by atoms with Crippen LogP contribution >= 0.6 is 0 Å². The summed E-state index contributed by atoms with van der Waals surface area (Å²) in [5.41, 5.74) is 5.26. The molecule has 0 bridgehead atoms. The van der Waals surface area contributed by atoms with Gasteiger partial charge in [0.25, 0.3) is 0 Å². The number of rotatable bonds is 2. The fourth-order valence-corrected chi connectivity index (χ4v) is 1.36. The molecule has 0 amide bonds. The van der Waals surface area contributed by atoms with E-state index in [2.05, 4.69) is 6.92 Å². The molecule has 0 radical (unpaired) electrons. The van der Waals surface area contributed by atoms with Gasteiger partial charge in [-0.3, -0.25) is 4.84 Å². The number of hydrogen-bond acceptors (Lipinski definition) is 3. The molecule has 0 aliphatic carbocycles. The first-order chi connectivity index (χ1) is 4.84. The number of piperidine rings is 1. The standard InChI is InChI=1S/C7H16N2O/c1-7-4-2-3-5-9(7)10-6-8/h7H,2-6,8H2,1H3. The lowest BCUT2D eigenvalue weighted by atomic mass is 10.1. The molecule has 1 rings (SSSR count). The van der Waals surface area contributed by atoms with Gasteiger partial charge >= 0.3 is 0 Å². The Kier molecular flexibility index (Phi) is 3.12. The van der Waals surface area contributed by atoms with E-state index in [0.717, 1.165) is 6.54 Å². The van der Waals surface area contributed by atoms with Crippen molar-refractivity contribution in [2.75, 3.05) is 13.3 Å². The minimum absolute atomic E-state index is 0.310. The maximum absolute atomic E-state index is 5.26. The number of nitrogens with zero attached hydrogens (tertiary/aromatic N) is 1. The zero-order valence-electron chi connectivity index (χ0n) is 6.55. The highest BCUT2D eigenvalue weighted by atomic mass is 16.7. The van der Waals surface area contributed by atoms with Crippen LogP contribution < -0.4 is 5.73 Å². The lowest BCUT2D eigenvalue weighted by molar-refractivity contribution is -0.192. The van der Waals surface area contributed by atoms with Gasteiger partial charge in [0.2, 0.25) is 0 Å². The first-order valence-electron chi connectivity index (χ1n) is 3.94. The van der Waals surface area contributed by atoms with E-state index in [9.17, 15) is 0 Å². The van der Waals surface area contributed by atoms with E-state index < -0.39 is 0 Å². The summed E-state index contributed by atoms with van der Waals surface area (Å²) in [5.74, 6) is 0. The van der Waals surface area contributed by atoms with Crippen LogP contribution in [0.15, 0.2) is 0 Å². The van der Waals surface area contributed by atoms with Gasteiger partial charge in [0.05, 0.1) is 0 Å². The van der Waals surface area contributed by atoms with Crippen LogP contribution in [0.4, 0.5) is 0 Å². The molecule has 0 spiro atoms. The van der Waals surface area contributed by atoms with Crippen molar-refractivity contribution in [3.05, 3.63) is 0 Å². The van der Waals surface area contributed by atoms with E-state index in [4.69, 9.17) is 10.6 Å². The topological polar surface area (TPSA) is 38.5 Å². The molecule has 10 heavy (non-hydrogen) atoms. The summed E-state index contributed by atoms with van der Waals surface area (Å²) in [7, 11) is 0. The van der Waals surface area contributed by atoms with Crippen molar-refractivity contribution in [1.82, 2.24) is 5.06 Å². The Bertz CT molecular complexity index is 95.6. The molecular formula is C7H16N2O. The van der Waals surface area contributed by atoms with Crippen molar-refractivity contribution < 1.29 is 4.84 Å². The third-order valence-electron chi connectivity index (χ3n) is 1.98. The van der Waals surface area contributed by atoms with Crippen molar-refractivity contribution in [2.24, 2.45) is 5.73 Å². The van der Waals surface area contributed by atoms with E-state index >= 15 is 0 Å². The molecule has 1 aliphatic heterocycles. The summed E-state index contributed by atoms with van der Waals surface area (Å²) in [6.45, 7) is 3.53. The third kappa shape index (κ3) is 1.94. The predicted octanol–water partition coefficient (Wildman–Crippen LogP) is 0.709. The Morgan fingerprint density at radius 1 is 1.60 bits per heavy atom. The molecule has 1 fully saturated rings. The molecule has 1 saturated heterocycles. The van der Waals surface area contributed by atoms with Crippen LogP contribution in [0, 0.1) is 0 Å². The highest BCUT2D eigenvalue weighted by Gasteiger charge is 2.17. The molecule has 0 aromatic rings. The number of hydrogen-bond donors (Lipinski definition) is 1. The first-order valence-corrected chi connectivity index (χ1v) is 3.94. The van der Waals surface area contributed by atoms with Gasteiger partial charge in [-0.05, 0) is 19.8 Å². The lowest BCUT2D eigenvalue weighted by Crippen LogP contribution is -2.38. The summed E-state index contributed by atoms with van der Waals surface area (Å²) < 4.78 is 0. The molecular weight excluding hydrogens is 128 g/mol. The summed E-state index contributed by atoms with van der Waals surface area (Å²) in [4.78, 5) is 5.21. The van der Waals surface area contributed by atoms with E-state index in [1.165, 1.54) is 19.3 Å². The van der Waals surface area contributed by atoms with Crippen molar-refractivity contribution in [1.29, 1.82) is 0 Å². The largest absolute Gasteiger partial charge is 0.307 e. The fourth-order valence-electron chi connectivity index (χ4n) is 1.36. The molecule has 1 heterocycles. The second-order valence-electron chi connectivity index (χ2n) is 2.78. The fraction of sp³-hybridized carbons (Fsp3) is 1.00. The molecule has 0 aromatic heterocycles. The Labute approximate surface area is 62.1 Å². The van der Waals surface area contributed by atoms with Gasteiger partial charge in [-0.1, -0.05) is 6.42 Å². The molecule has 60 valence electrons. The second-order valence-corrected chi connectivity index (χ2v) is 2.78. The summed E-state index contributed by atoms with van der Waals surface area (Å²) in [6.07, 6.45) is 3.80. The monoisotopic (exact) mass is 144 g/mol. The van der Waals surface area contributed by atoms with Crippen LogP contribution in [-0.2, 0) is 4.84 Å². The van der Waals surface area contributed by atoms with Crippen LogP contribution in [-0.4, -0.2) is 24.4 Å². The second kappa shape index (κ2) is 3.91. The molecule has 2 N–H and O–H groups in total. The maximum atomic E-state index is 5.26. The van der Waals surface area contributed by atoms with Crippen LogP contribution in [0.1, 0.15) is 26.2 Å². The summed E-state index contributed by atoms with van der Waals surface area (Å²) in [6, 6.07) is 0.553. The molecule has 1 atom stereocenters. The average Bonchev–Trinajstić information content (AvgIpc) is 1.94. The van der Waals surface area contributed by atoms with E-state index in [1.807, 2.05) is 5.06 Å². The van der Waals surface area contributed by atoms with E-state index in [1.54, 1.807) is 0 Å². The van der Waals surface area contributed by atoms with Gasteiger partial charge in [0.1, 0.15) is 6.73 Å². The third-order valence-corrected chi connectivity index (χ3v) is 1.98. The zero-order valence-corrected chi connectivity index (χ0v) is 6.55. The molecule has 3 nitrogen and oxygen atoms in total. The average molecular weight is 144 g/mol. The first kappa shape index (κ1) is 7.98. The van der Waals surface area contributed by atoms with Crippen LogP contribution in [0.25, 0.3) is 0 Å². The van der Waals surface area contributed by atoms with Crippen molar-refractivity contribution in [2.45, 2.75) is 32.2 Å². The summed E-state index contributed by atoms with van der Waals surface area (Å²) in [5, 5.41) is 1.99. The van der Waals surface area contributed by atoms with Gasteiger partial charge < -0.3 is 5.73 Å². The van der Waals surface area contributed by atoms with Gasteiger partial charge in [0.15, 0.2) is 0 Å². The minimum Gasteiger partial charge on any atom is -0.307 e. The predicted molar refractivity (Wildman–Crippen MR) is 40.2 cm³/mol. The lowest BCUT2D eigenvalue weighted by Gasteiger charge is -2.31. The summed E-state index contributed by atoms with van der Waals surface area (Å²) >= 11 is 0. The van der Waals surface area contributed by atoms with Gasteiger partial charge in [-0.25, -0.2) is 0 Å².